The lowest BCUT2D eigenvalue weighted by atomic mass is 9.84. The molecular formula is C21H21ClF3NO2. The largest absolute Gasteiger partial charge is 0.481 e. The molecule has 0 unspecified atom stereocenters. The Morgan fingerprint density at radius 3 is 2.43 bits per heavy atom. The maximum Gasteiger partial charge on any atom is 0.416 e. The summed E-state index contributed by atoms with van der Waals surface area (Å²) < 4.78 is 38.7. The number of carbonyl (C=O) groups is 1. The number of benzene rings is 2. The van der Waals surface area contributed by atoms with Gasteiger partial charge in [0.15, 0.2) is 0 Å². The minimum Gasteiger partial charge on any atom is -0.481 e. The van der Waals surface area contributed by atoms with Crippen molar-refractivity contribution in [3.63, 3.8) is 0 Å². The van der Waals surface area contributed by atoms with E-state index in [0.29, 0.717) is 24.5 Å². The second-order valence-electron chi connectivity index (χ2n) is 7.19. The summed E-state index contributed by atoms with van der Waals surface area (Å²) in [5.41, 5.74) is 1.01. The van der Waals surface area contributed by atoms with Crippen molar-refractivity contribution in [1.82, 2.24) is 4.90 Å². The average Bonchev–Trinajstić information content (AvgIpc) is 2.64. The average molecular weight is 412 g/mol. The third-order valence-electron chi connectivity index (χ3n) is 5.24. The third kappa shape index (κ3) is 5.06. The quantitative estimate of drug-likeness (QED) is 0.677. The summed E-state index contributed by atoms with van der Waals surface area (Å²) in [5, 5.41) is 9.77. The van der Waals surface area contributed by atoms with E-state index in [1.165, 1.54) is 12.1 Å². The van der Waals surface area contributed by atoms with Crippen LogP contribution in [0.3, 0.4) is 0 Å². The SMILES string of the molecule is O=C(O)C[C@@H]1CCN(Cc2ccccc2Cl)[C@H](c2ccc(C(F)(F)F)cc2)C1. The van der Waals surface area contributed by atoms with Crippen molar-refractivity contribution in [2.24, 2.45) is 5.92 Å². The number of rotatable bonds is 5. The van der Waals surface area contributed by atoms with Gasteiger partial charge in [0.05, 0.1) is 5.56 Å². The maximum atomic E-state index is 12.9. The highest BCUT2D eigenvalue weighted by atomic mass is 35.5. The summed E-state index contributed by atoms with van der Waals surface area (Å²) in [6, 6.07) is 12.5. The molecule has 2 aromatic carbocycles. The first-order valence-corrected chi connectivity index (χ1v) is 9.48. The van der Waals surface area contributed by atoms with E-state index < -0.39 is 17.7 Å². The number of nitrogens with zero attached hydrogens (tertiary/aromatic N) is 1. The molecule has 1 saturated heterocycles. The van der Waals surface area contributed by atoms with Gasteiger partial charge in [-0.25, -0.2) is 0 Å². The minimum atomic E-state index is -4.38. The van der Waals surface area contributed by atoms with Crippen molar-refractivity contribution in [1.29, 1.82) is 0 Å². The van der Waals surface area contributed by atoms with Gasteiger partial charge in [0.1, 0.15) is 0 Å². The molecule has 3 rings (SSSR count). The van der Waals surface area contributed by atoms with Gasteiger partial charge in [-0.15, -0.1) is 0 Å². The molecule has 0 aromatic heterocycles. The Labute approximate surface area is 166 Å². The Bertz CT molecular complexity index is 823. The van der Waals surface area contributed by atoms with Gasteiger partial charge < -0.3 is 5.11 Å². The summed E-state index contributed by atoms with van der Waals surface area (Å²) in [7, 11) is 0. The van der Waals surface area contributed by atoms with E-state index >= 15 is 0 Å². The molecule has 28 heavy (non-hydrogen) atoms. The van der Waals surface area contributed by atoms with E-state index in [0.717, 1.165) is 29.7 Å². The van der Waals surface area contributed by atoms with Crippen LogP contribution in [-0.2, 0) is 17.5 Å². The summed E-state index contributed by atoms with van der Waals surface area (Å²) in [5.74, 6) is -0.858. The Balaban J connectivity index is 1.85. The normalized spacial score (nSPS) is 20.9. The number of hydrogen-bond donors (Lipinski definition) is 1. The highest BCUT2D eigenvalue weighted by molar-refractivity contribution is 6.31. The van der Waals surface area contributed by atoms with Crippen LogP contribution in [0.25, 0.3) is 0 Å². The number of carboxylic acid groups (broad SMARTS) is 1. The monoisotopic (exact) mass is 411 g/mol. The van der Waals surface area contributed by atoms with Crippen LogP contribution in [0.2, 0.25) is 5.02 Å². The van der Waals surface area contributed by atoms with Gasteiger partial charge in [-0.3, -0.25) is 9.69 Å². The first kappa shape index (κ1) is 20.7. The van der Waals surface area contributed by atoms with Crippen molar-refractivity contribution >= 4 is 17.6 Å². The van der Waals surface area contributed by atoms with Crippen LogP contribution in [0, 0.1) is 5.92 Å². The Hall–Kier alpha value is -2.05. The minimum absolute atomic E-state index is 0.00714. The number of halogens is 4. The fourth-order valence-electron chi connectivity index (χ4n) is 3.80. The summed E-state index contributed by atoms with van der Waals surface area (Å²) in [6.07, 6.45) is -3.00. The number of aliphatic carboxylic acids is 1. The smallest absolute Gasteiger partial charge is 0.416 e. The molecule has 2 atom stereocenters. The van der Waals surface area contributed by atoms with Gasteiger partial charge in [0, 0.05) is 24.0 Å². The number of likely N-dealkylation sites (tertiary alicyclic amines) is 1. The van der Waals surface area contributed by atoms with Crippen molar-refractivity contribution in [3.05, 3.63) is 70.2 Å². The van der Waals surface area contributed by atoms with Gasteiger partial charge in [0.25, 0.3) is 0 Å². The molecule has 0 spiro atoms. The van der Waals surface area contributed by atoms with E-state index in [1.54, 1.807) is 6.07 Å². The van der Waals surface area contributed by atoms with E-state index in [1.807, 2.05) is 18.2 Å². The standard InChI is InChI=1S/C21H21ClF3NO2/c22-18-4-2-1-3-16(18)13-26-10-9-14(12-20(27)28)11-19(26)15-5-7-17(8-6-15)21(23,24)25/h1-8,14,19H,9-13H2,(H,27,28)/t14-,19+/m1/s1. The lowest BCUT2D eigenvalue weighted by Gasteiger charge is -2.40. The summed E-state index contributed by atoms with van der Waals surface area (Å²) in [6.45, 7) is 1.22. The fraction of sp³-hybridized carbons (Fsp3) is 0.381. The fourth-order valence-corrected chi connectivity index (χ4v) is 3.99. The molecule has 1 aliphatic rings. The number of piperidine rings is 1. The number of alkyl halides is 3. The summed E-state index contributed by atoms with van der Waals surface area (Å²) in [4.78, 5) is 13.3. The van der Waals surface area contributed by atoms with Crippen LogP contribution in [0.15, 0.2) is 48.5 Å². The highest BCUT2D eigenvalue weighted by Crippen LogP contribution is 2.38. The van der Waals surface area contributed by atoms with Gasteiger partial charge in [-0.2, -0.15) is 13.2 Å². The predicted molar refractivity (Wildman–Crippen MR) is 101 cm³/mol. The van der Waals surface area contributed by atoms with Gasteiger partial charge >= 0.3 is 12.1 Å². The molecule has 1 aliphatic heterocycles. The molecular weight excluding hydrogens is 391 g/mol. The molecule has 0 radical (unpaired) electrons. The number of carboxylic acids is 1. The molecule has 0 amide bonds. The molecule has 0 saturated carbocycles. The zero-order valence-electron chi connectivity index (χ0n) is 15.1. The molecule has 2 aromatic rings. The second kappa shape index (κ2) is 8.53. The van der Waals surface area contributed by atoms with Crippen LogP contribution >= 0.6 is 11.6 Å². The van der Waals surface area contributed by atoms with E-state index in [9.17, 15) is 18.0 Å². The number of hydrogen-bond acceptors (Lipinski definition) is 2. The Morgan fingerprint density at radius 1 is 1.14 bits per heavy atom. The predicted octanol–water partition coefficient (Wildman–Crippen LogP) is 5.79. The molecule has 3 nitrogen and oxygen atoms in total. The van der Waals surface area contributed by atoms with Gasteiger partial charge in [-0.1, -0.05) is 41.9 Å². The highest BCUT2D eigenvalue weighted by Gasteiger charge is 2.33. The Kier molecular flexibility index (Phi) is 6.30. The van der Waals surface area contributed by atoms with Crippen LogP contribution < -0.4 is 0 Å². The molecule has 1 heterocycles. The van der Waals surface area contributed by atoms with Crippen molar-refractivity contribution in [2.75, 3.05) is 6.54 Å². The van der Waals surface area contributed by atoms with Gasteiger partial charge in [0.2, 0.25) is 0 Å². The maximum absolute atomic E-state index is 12.9. The Morgan fingerprint density at radius 2 is 1.82 bits per heavy atom. The van der Waals surface area contributed by atoms with Crippen molar-refractivity contribution < 1.29 is 23.1 Å². The lowest BCUT2D eigenvalue weighted by molar-refractivity contribution is -0.139. The zero-order valence-corrected chi connectivity index (χ0v) is 15.9. The van der Waals surface area contributed by atoms with Crippen LogP contribution in [0.5, 0.6) is 0 Å². The molecule has 0 aliphatic carbocycles. The molecule has 7 heteroatoms. The lowest BCUT2D eigenvalue weighted by Crippen LogP contribution is -2.37. The van der Waals surface area contributed by atoms with Crippen LogP contribution in [-0.4, -0.2) is 22.5 Å². The molecule has 150 valence electrons. The third-order valence-corrected chi connectivity index (χ3v) is 5.61. The topological polar surface area (TPSA) is 40.5 Å². The zero-order chi connectivity index (χ0) is 20.3. The van der Waals surface area contributed by atoms with Crippen LogP contribution in [0.1, 0.15) is 42.0 Å². The molecule has 1 N–H and O–H groups in total. The first-order chi connectivity index (χ1) is 13.2. The van der Waals surface area contributed by atoms with Crippen LogP contribution in [0.4, 0.5) is 13.2 Å². The molecule has 0 bridgehead atoms. The van der Waals surface area contributed by atoms with Crippen molar-refractivity contribution in [2.45, 2.75) is 38.0 Å². The molecule has 1 fully saturated rings. The van der Waals surface area contributed by atoms with E-state index in [4.69, 9.17) is 16.7 Å². The van der Waals surface area contributed by atoms with Gasteiger partial charge in [-0.05, 0) is 54.6 Å². The second-order valence-corrected chi connectivity index (χ2v) is 7.59. The van der Waals surface area contributed by atoms with Crippen molar-refractivity contribution in [3.8, 4) is 0 Å². The van der Waals surface area contributed by atoms with E-state index in [2.05, 4.69) is 4.90 Å². The van der Waals surface area contributed by atoms with E-state index in [-0.39, 0.29) is 18.4 Å². The first-order valence-electron chi connectivity index (χ1n) is 9.10. The summed E-state index contributed by atoms with van der Waals surface area (Å²) >= 11 is 6.28.